The highest BCUT2D eigenvalue weighted by Crippen LogP contribution is 2.24. The van der Waals surface area contributed by atoms with Crippen LogP contribution < -0.4 is 10.2 Å². The molecule has 3 saturated heterocycles. The molecule has 0 saturated carbocycles. The van der Waals surface area contributed by atoms with Crippen molar-refractivity contribution in [3.8, 4) is 0 Å². The van der Waals surface area contributed by atoms with Crippen molar-refractivity contribution in [2.45, 2.75) is 25.3 Å². The molecule has 6 nitrogen and oxygen atoms in total. The number of rotatable bonds is 3. The van der Waals surface area contributed by atoms with E-state index in [0.717, 1.165) is 64.3 Å². The van der Waals surface area contributed by atoms with Gasteiger partial charge in [-0.15, -0.1) is 12.4 Å². The predicted molar refractivity (Wildman–Crippen MR) is 104 cm³/mol. The molecule has 0 spiro atoms. The van der Waals surface area contributed by atoms with Crippen LogP contribution in [0.3, 0.4) is 0 Å². The lowest BCUT2D eigenvalue weighted by Gasteiger charge is -2.32. The highest BCUT2D eigenvalue weighted by molar-refractivity contribution is 5.99. The second-order valence-electron chi connectivity index (χ2n) is 7.18. The van der Waals surface area contributed by atoms with Crippen molar-refractivity contribution in [2.24, 2.45) is 0 Å². The average molecular weight is 379 g/mol. The highest BCUT2D eigenvalue weighted by atomic mass is 35.5. The van der Waals surface area contributed by atoms with Crippen LogP contribution in [0, 0.1) is 0 Å². The van der Waals surface area contributed by atoms with Gasteiger partial charge < -0.3 is 15.1 Å². The van der Waals surface area contributed by atoms with E-state index in [2.05, 4.69) is 10.2 Å². The maximum atomic E-state index is 12.9. The Hall–Kier alpha value is -1.63. The first-order chi connectivity index (χ1) is 12.2. The Labute approximate surface area is 160 Å². The highest BCUT2D eigenvalue weighted by Gasteiger charge is 2.31. The number of nitrogens with zero attached hydrogens (tertiary/aromatic N) is 3. The molecular weight excluding hydrogens is 352 g/mol. The van der Waals surface area contributed by atoms with E-state index in [1.54, 1.807) is 4.90 Å². The van der Waals surface area contributed by atoms with E-state index < -0.39 is 0 Å². The first kappa shape index (κ1) is 19.1. The zero-order chi connectivity index (χ0) is 17.2. The fourth-order valence-corrected chi connectivity index (χ4v) is 4.18. The van der Waals surface area contributed by atoms with Crippen LogP contribution in [0.2, 0.25) is 0 Å². The molecule has 142 valence electrons. The summed E-state index contributed by atoms with van der Waals surface area (Å²) in [6.07, 6.45) is 2.56. The van der Waals surface area contributed by atoms with E-state index in [1.807, 2.05) is 29.2 Å². The fraction of sp³-hybridized carbons (Fsp3) is 0.579. The van der Waals surface area contributed by atoms with Crippen LogP contribution in [0.15, 0.2) is 24.3 Å². The zero-order valence-corrected chi connectivity index (χ0v) is 15.8. The van der Waals surface area contributed by atoms with Gasteiger partial charge in [-0.25, -0.2) is 0 Å². The minimum atomic E-state index is 0. The van der Waals surface area contributed by atoms with Crippen molar-refractivity contribution in [3.63, 3.8) is 0 Å². The molecule has 1 aromatic rings. The van der Waals surface area contributed by atoms with Gasteiger partial charge in [-0.2, -0.15) is 0 Å². The smallest absolute Gasteiger partial charge is 0.253 e. The Morgan fingerprint density at radius 2 is 1.92 bits per heavy atom. The number of hydrogen-bond acceptors (Lipinski definition) is 4. The topological polar surface area (TPSA) is 55.9 Å². The number of carbonyl (C=O) groups is 2. The summed E-state index contributed by atoms with van der Waals surface area (Å²) in [7, 11) is 0. The summed E-state index contributed by atoms with van der Waals surface area (Å²) in [5.41, 5.74) is 1.55. The van der Waals surface area contributed by atoms with Crippen molar-refractivity contribution >= 4 is 29.9 Å². The summed E-state index contributed by atoms with van der Waals surface area (Å²) in [5, 5.41) is 3.38. The van der Waals surface area contributed by atoms with E-state index in [4.69, 9.17) is 0 Å². The Balaban J connectivity index is 0.00000196. The third kappa shape index (κ3) is 3.87. The van der Waals surface area contributed by atoms with Gasteiger partial charge in [0, 0.05) is 69.5 Å². The molecule has 2 amide bonds. The van der Waals surface area contributed by atoms with Crippen molar-refractivity contribution in [1.82, 2.24) is 15.1 Å². The molecule has 4 rings (SSSR count). The normalized spacial score (nSPS) is 24.0. The van der Waals surface area contributed by atoms with Crippen molar-refractivity contribution in [1.29, 1.82) is 0 Å². The number of halogens is 1. The summed E-state index contributed by atoms with van der Waals surface area (Å²) in [4.78, 5) is 31.1. The zero-order valence-electron chi connectivity index (χ0n) is 15.0. The van der Waals surface area contributed by atoms with E-state index in [1.165, 1.54) is 0 Å². The number of nitrogens with one attached hydrogen (secondary N) is 1. The third-order valence-corrected chi connectivity index (χ3v) is 5.60. The average Bonchev–Trinajstić information content (AvgIpc) is 3.31. The maximum Gasteiger partial charge on any atom is 0.253 e. The number of carbonyl (C=O) groups excluding carboxylic acids is 2. The van der Waals surface area contributed by atoms with Gasteiger partial charge in [-0.3, -0.25) is 14.5 Å². The Morgan fingerprint density at radius 1 is 1.12 bits per heavy atom. The van der Waals surface area contributed by atoms with Gasteiger partial charge in [-0.05, 0) is 31.0 Å². The van der Waals surface area contributed by atoms with Crippen LogP contribution >= 0.6 is 12.4 Å². The molecule has 3 aliphatic heterocycles. The summed E-state index contributed by atoms with van der Waals surface area (Å²) < 4.78 is 0. The first-order valence-corrected chi connectivity index (χ1v) is 9.37. The molecule has 1 N–H and O–H groups in total. The number of hydrogen-bond donors (Lipinski definition) is 1. The Bertz CT molecular complexity index is 663. The van der Waals surface area contributed by atoms with E-state index in [9.17, 15) is 9.59 Å². The summed E-state index contributed by atoms with van der Waals surface area (Å²) in [6.45, 7) is 6.60. The van der Waals surface area contributed by atoms with Gasteiger partial charge in [0.25, 0.3) is 5.91 Å². The van der Waals surface area contributed by atoms with Gasteiger partial charge in [-0.1, -0.05) is 6.07 Å². The lowest BCUT2D eigenvalue weighted by atomic mass is 10.1. The largest absolute Gasteiger partial charge is 0.337 e. The maximum absolute atomic E-state index is 12.9. The standard InChI is InChI=1S/C19H26N4O2.ClH/c24-18-5-2-9-23(18)16-4-1-3-15(13-16)19(25)22-10-6-17(14-22)21-11-7-20-8-12-21;/h1,3-4,13,17,20H,2,5-12,14H2;1H. The van der Waals surface area contributed by atoms with Crippen LogP contribution in [0.25, 0.3) is 0 Å². The second-order valence-corrected chi connectivity index (χ2v) is 7.18. The van der Waals surface area contributed by atoms with Gasteiger partial charge in [0.2, 0.25) is 5.91 Å². The quantitative estimate of drug-likeness (QED) is 0.862. The summed E-state index contributed by atoms with van der Waals surface area (Å²) >= 11 is 0. The molecule has 3 fully saturated rings. The lowest BCUT2D eigenvalue weighted by molar-refractivity contribution is -0.117. The number of likely N-dealkylation sites (tertiary alicyclic amines) is 1. The van der Waals surface area contributed by atoms with Crippen LogP contribution in [0.1, 0.15) is 29.6 Å². The second kappa shape index (κ2) is 8.37. The Kier molecular flexibility index (Phi) is 6.16. The van der Waals surface area contributed by atoms with Crippen LogP contribution in [0.4, 0.5) is 5.69 Å². The van der Waals surface area contributed by atoms with Gasteiger partial charge in [0.1, 0.15) is 0 Å². The third-order valence-electron chi connectivity index (χ3n) is 5.60. The monoisotopic (exact) mass is 378 g/mol. The molecule has 7 heteroatoms. The Morgan fingerprint density at radius 3 is 2.65 bits per heavy atom. The number of amides is 2. The molecule has 1 unspecified atom stereocenters. The summed E-state index contributed by atoms with van der Waals surface area (Å²) in [5.74, 6) is 0.246. The molecule has 3 heterocycles. The van der Waals surface area contributed by atoms with Crippen molar-refractivity contribution in [2.75, 3.05) is 50.7 Å². The minimum absolute atomic E-state index is 0. The molecule has 26 heavy (non-hydrogen) atoms. The van der Waals surface area contributed by atoms with E-state index in [-0.39, 0.29) is 24.2 Å². The lowest BCUT2D eigenvalue weighted by Crippen LogP contribution is -2.49. The predicted octanol–water partition coefficient (Wildman–Crippen LogP) is 1.35. The SMILES string of the molecule is Cl.O=C(c1cccc(N2CCCC2=O)c1)N1CCC(N2CCNCC2)C1. The van der Waals surface area contributed by atoms with Crippen LogP contribution in [-0.4, -0.2) is 73.5 Å². The molecule has 0 bridgehead atoms. The number of piperazine rings is 1. The van der Waals surface area contributed by atoms with E-state index >= 15 is 0 Å². The molecule has 0 aliphatic carbocycles. The van der Waals surface area contributed by atoms with Crippen LogP contribution in [0.5, 0.6) is 0 Å². The number of anilines is 1. The molecule has 1 aromatic carbocycles. The molecular formula is C19H27ClN4O2. The summed E-state index contributed by atoms with van der Waals surface area (Å²) in [6, 6.07) is 8.04. The van der Waals surface area contributed by atoms with Gasteiger partial charge >= 0.3 is 0 Å². The fourth-order valence-electron chi connectivity index (χ4n) is 4.18. The number of benzene rings is 1. The molecule has 1 atom stereocenters. The molecule has 0 aromatic heterocycles. The molecule has 0 radical (unpaired) electrons. The van der Waals surface area contributed by atoms with Crippen molar-refractivity contribution < 1.29 is 9.59 Å². The van der Waals surface area contributed by atoms with Gasteiger partial charge in [0.15, 0.2) is 0 Å². The van der Waals surface area contributed by atoms with Crippen molar-refractivity contribution in [3.05, 3.63) is 29.8 Å². The van der Waals surface area contributed by atoms with E-state index in [0.29, 0.717) is 18.0 Å². The first-order valence-electron chi connectivity index (χ1n) is 9.37. The van der Waals surface area contributed by atoms with Crippen LogP contribution in [-0.2, 0) is 4.79 Å². The minimum Gasteiger partial charge on any atom is -0.337 e. The van der Waals surface area contributed by atoms with Gasteiger partial charge in [0.05, 0.1) is 0 Å². The molecule has 3 aliphatic rings.